The van der Waals surface area contributed by atoms with Crippen molar-refractivity contribution >= 4 is 26.7 Å². The summed E-state index contributed by atoms with van der Waals surface area (Å²) in [5.74, 6) is 0. The second kappa shape index (κ2) is 6.20. The zero-order valence-corrected chi connectivity index (χ0v) is 12.8. The Labute approximate surface area is 128 Å². The maximum absolute atomic E-state index is 5.76. The highest BCUT2D eigenvalue weighted by molar-refractivity contribution is 7.22. The topological polar surface area (TPSA) is 55.0 Å². The van der Waals surface area contributed by atoms with E-state index >= 15 is 0 Å². The van der Waals surface area contributed by atoms with Gasteiger partial charge in [0.05, 0.1) is 10.2 Å². The highest BCUT2D eigenvalue weighted by Crippen LogP contribution is 2.25. The van der Waals surface area contributed by atoms with E-state index in [1.54, 1.807) is 11.3 Å². The lowest BCUT2D eigenvalue weighted by Gasteiger charge is -2.20. The van der Waals surface area contributed by atoms with Crippen LogP contribution in [0.5, 0.6) is 0 Å². The Hall–Kier alpha value is -1.98. The minimum Gasteiger partial charge on any atom is -0.375 e. The van der Waals surface area contributed by atoms with Gasteiger partial charge in [-0.3, -0.25) is 9.88 Å². The number of thiazole rings is 1. The summed E-state index contributed by atoms with van der Waals surface area (Å²) in [5.41, 5.74) is 9.33. The maximum Gasteiger partial charge on any atom is 0.181 e. The lowest BCUT2D eigenvalue weighted by molar-refractivity contribution is 0.271. The van der Waals surface area contributed by atoms with Gasteiger partial charge in [0, 0.05) is 25.5 Å². The first-order valence-electron chi connectivity index (χ1n) is 7.01. The zero-order valence-electron chi connectivity index (χ0n) is 12.0. The van der Waals surface area contributed by atoms with E-state index in [2.05, 4.69) is 52.1 Å². The Morgan fingerprint density at radius 3 is 2.62 bits per heavy atom. The summed E-state index contributed by atoms with van der Waals surface area (Å²) < 4.78 is 1.16. The van der Waals surface area contributed by atoms with Crippen molar-refractivity contribution in [3.63, 3.8) is 0 Å². The molecule has 0 atom stereocenters. The molecule has 0 saturated heterocycles. The monoisotopic (exact) mass is 298 g/mol. The number of fused-ring (bicyclic) bond motifs is 1. The molecule has 5 heteroatoms. The molecule has 108 valence electrons. The van der Waals surface area contributed by atoms with Crippen LogP contribution in [0.4, 0.5) is 5.13 Å². The molecule has 0 unspecified atom stereocenters. The number of benzene rings is 1. The number of hydrogen-bond acceptors (Lipinski definition) is 5. The minimum atomic E-state index is 0.631. The molecule has 3 aromatic rings. The van der Waals surface area contributed by atoms with E-state index in [9.17, 15) is 0 Å². The molecule has 1 aromatic carbocycles. The first kappa shape index (κ1) is 14.0. The second-order valence-electron chi connectivity index (χ2n) is 5.01. The largest absolute Gasteiger partial charge is 0.375 e. The average molecular weight is 298 g/mol. The summed E-state index contributed by atoms with van der Waals surface area (Å²) in [6, 6.07) is 10.5. The highest BCUT2D eigenvalue weighted by Gasteiger charge is 2.07. The number of rotatable bonds is 5. The van der Waals surface area contributed by atoms with Crippen LogP contribution < -0.4 is 5.73 Å². The van der Waals surface area contributed by atoms with Crippen LogP contribution in [-0.4, -0.2) is 21.4 Å². The molecular weight excluding hydrogens is 280 g/mol. The lowest BCUT2D eigenvalue weighted by Crippen LogP contribution is -2.22. The molecule has 0 spiro atoms. The van der Waals surface area contributed by atoms with Gasteiger partial charge < -0.3 is 5.73 Å². The number of aromatic nitrogens is 2. The maximum atomic E-state index is 5.76. The molecule has 4 nitrogen and oxygen atoms in total. The van der Waals surface area contributed by atoms with Gasteiger partial charge in [-0.25, -0.2) is 4.98 Å². The summed E-state index contributed by atoms with van der Waals surface area (Å²) >= 11 is 1.54. The molecule has 0 amide bonds. The lowest BCUT2D eigenvalue weighted by atomic mass is 10.2. The predicted molar refractivity (Wildman–Crippen MR) is 88.1 cm³/mol. The van der Waals surface area contributed by atoms with Crippen molar-refractivity contribution in [1.29, 1.82) is 0 Å². The molecule has 0 fully saturated rings. The van der Waals surface area contributed by atoms with Gasteiger partial charge in [-0.1, -0.05) is 24.3 Å². The van der Waals surface area contributed by atoms with Crippen LogP contribution in [0.2, 0.25) is 0 Å². The summed E-state index contributed by atoms with van der Waals surface area (Å²) in [6.45, 7) is 5.05. The fourth-order valence-electron chi connectivity index (χ4n) is 2.37. The van der Waals surface area contributed by atoms with Crippen LogP contribution in [0.3, 0.4) is 0 Å². The quantitative estimate of drug-likeness (QED) is 0.785. The van der Waals surface area contributed by atoms with Gasteiger partial charge in [0.1, 0.15) is 0 Å². The van der Waals surface area contributed by atoms with E-state index in [0.29, 0.717) is 5.13 Å². The van der Waals surface area contributed by atoms with Gasteiger partial charge >= 0.3 is 0 Å². The SMILES string of the molecule is CCN(Cc1ccncc1)Cc1ccc2nc(N)sc2c1. The third-order valence-electron chi connectivity index (χ3n) is 3.48. The number of nitrogens with two attached hydrogens (primary N) is 1. The van der Waals surface area contributed by atoms with Crippen LogP contribution in [0.1, 0.15) is 18.1 Å². The van der Waals surface area contributed by atoms with E-state index in [4.69, 9.17) is 5.73 Å². The Kier molecular flexibility index (Phi) is 4.13. The van der Waals surface area contributed by atoms with Gasteiger partial charge in [-0.15, -0.1) is 0 Å². The van der Waals surface area contributed by atoms with Crippen molar-refractivity contribution < 1.29 is 0 Å². The number of anilines is 1. The van der Waals surface area contributed by atoms with Crippen LogP contribution in [0.15, 0.2) is 42.7 Å². The van der Waals surface area contributed by atoms with Gasteiger partial charge in [0.15, 0.2) is 5.13 Å². The van der Waals surface area contributed by atoms with Crippen molar-refractivity contribution in [2.24, 2.45) is 0 Å². The van der Waals surface area contributed by atoms with Gasteiger partial charge in [-0.05, 0) is 41.9 Å². The molecule has 0 aliphatic carbocycles. The smallest absolute Gasteiger partial charge is 0.181 e. The molecule has 3 rings (SSSR count). The third kappa shape index (κ3) is 3.37. The van der Waals surface area contributed by atoms with Gasteiger partial charge in [0.25, 0.3) is 0 Å². The predicted octanol–water partition coefficient (Wildman–Crippen LogP) is 3.30. The molecule has 21 heavy (non-hydrogen) atoms. The molecular formula is C16H18N4S. The Morgan fingerprint density at radius 1 is 1.10 bits per heavy atom. The minimum absolute atomic E-state index is 0.631. The molecule has 2 heterocycles. The normalized spacial score (nSPS) is 11.3. The molecule has 0 aliphatic heterocycles. The van der Waals surface area contributed by atoms with Crippen molar-refractivity contribution in [2.45, 2.75) is 20.0 Å². The second-order valence-corrected chi connectivity index (χ2v) is 6.08. The van der Waals surface area contributed by atoms with E-state index in [1.165, 1.54) is 11.1 Å². The summed E-state index contributed by atoms with van der Waals surface area (Å²) in [7, 11) is 0. The standard InChI is InChI=1S/C16H18N4S/c1-2-20(10-12-5-7-18-8-6-12)11-13-3-4-14-15(9-13)21-16(17)19-14/h3-9H,2,10-11H2,1H3,(H2,17,19). The van der Waals surface area contributed by atoms with Crippen LogP contribution in [-0.2, 0) is 13.1 Å². The summed E-state index contributed by atoms with van der Waals surface area (Å²) in [4.78, 5) is 10.8. The molecule has 0 saturated carbocycles. The molecule has 0 aliphatic rings. The van der Waals surface area contributed by atoms with Crippen molar-refractivity contribution in [3.05, 3.63) is 53.9 Å². The first-order valence-corrected chi connectivity index (χ1v) is 7.82. The van der Waals surface area contributed by atoms with Crippen molar-refractivity contribution in [2.75, 3.05) is 12.3 Å². The van der Waals surface area contributed by atoms with Crippen LogP contribution >= 0.6 is 11.3 Å². The van der Waals surface area contributed by atoms with E-state index in [1.807, 2.05) is 12.4 Å². The average Bonchev–Trinajstić information content (AvgIpc) is 2.87. The first-order chi connectivity index (χ1) is 10.2. The van der Waals surface area contributed by atoms with Gasteiger partial charge in [0.2, 0.25) is 0 Å². The molecule has 0 bridgehead atoms. The number of hydrogen-bond donors (Lipinski definition) is 1. The van der Waals surface area contributed by atoms with Crippen molar-refractivity contribution in [3.8, 4) is 0 Å². The fourth-order valence-corrected chi connectivity index (χ4v) is 3.17. The Morgan fingerprint density at radius 2 is 1.86 bits per heavy atom. The molecule has 0 radical (unpaired) electrons. The van der Waals surface area contributed by atoms with Crippen LogP contribution in [0.25, 0.3) is 10.2 Å². The zero-order chi connectivity index (χ0) is 14.7. The number of nitrogen functional groups attached to an aromatic ring is 1. The van der Waals surface area contributed by atoms with E-state index in [0.717, 1.165) is 29.9 Å². The summed E-state index contributed by atoms with van der Waals surface area (Å²) in [5, 5.41) is 0.631. The Balaban J connectivity index is 1.75. The Bertz CT molecular complexity index is 723. The molecule has 2 aromatic heterocycles. The number of pyridine rings is 1. The van der Waals surface area contributed by atoms with Crippen LogP contribution in [0, 0.1) is 0 Å². The fraction of sp³-hybridized carbons (Fsp3) is 0.250. The summed E-state index contributed by atoms with van der Waals surface area (Å²) in [6.07, 6.45) is 3.69. The van der Waals surface area contributed by atoms with Gasteiger partial charge in [-0.2, -0.15) is 0 Å². The highest BCUT2D eigenvalue weighted by atomic mass is 32.1. The van der Waals surface area contributed by atoms with E-state index < -0.39 is 0 Å². The number of nitrogens with zero attached hydrogens (tertiary/aromatic N) is 3. The third-order valence-corrected chi connectivity index (χ3v) is 4.33. The van der Waals surface area contributed by atoms with Crippen molar-refractivity contribution in [1.82, 2.24) is 14.9 Å². The molecule has 2 N–H and O–H groups in total. The van der Waals surface area contributed by atoms with E-state index in [-0.39, 0.29) is 0 Å².